The first-order valence-corrected chi connectivity index (χ1v) is 8.87. The van der Waals surface area contributed by atoms with Gasteiger partial charge in [0, 0.05) is 27.6 Å². The maximum Gasteiger partial charge on any atom is 0.533 e. The van der Waals surface area contributed by atoms with Crippen LogP contribution >= 0.6 is 43.5 Å². The zero-order valence-corrected chi connectivity index (χ0v) is 17.6. The molecule has 0 aliphatic carbocycles. The summed E-state index contributed by atoms with van der Waals surface area (Å²) in [4.78, 5) is 37.5. The van der Waals surface area contributed by atoms with Crippen LogP contribution in [-0.4, -0.2) is 37.9 Å². The molecule has 0 heterocycles. The number of benzene rings is 1. The first-order valence-electron chi connectivity index (χ1n) is 6.90. The average Bonchev–Trinajstić information content (AvgIpc) is 2.55. The number of anilines is 1. The average molecular weight is 505 g/mol. The van der Waals surface area contributed by atoms with E-state index in [1.807, 2.05) is 0 Å². The molecule has 11 heteroatoms. The minimum atomic E-state index is -0.954. The van der Waals surface area contributed by atoms with E-state index in [0.29, 0.717) is 16.8 Å². The fourth-order valence-electron chi connectivity index (χ4n) is 1.26. The van der Waals surface area contributed by atoms with Gasteiger partial charge in [-0.2, -0.15) is 0 Å². The van der Waals surface area contributed by atoms with Crippen LogP contribution in [-0.2, 0) is 14.3 Å². The van der Waals surface area contributed by atoms with Crippen LogP contribution in [0.3, 0.4) is 0 Å². The van der Waals surface area contributed by atoms with Crippen LogP contribution in [0, 0.1) is 0 Å². The highest BCUT2D eigenvalue weighted by Crippen LogP contribution is 2.28. The van der Waals surface area contributed by atoms with Crippen LogP contribution in [0.2, 0.25) is 0 Å². The van der Waals surface area contributed by atoms with Crippen molar-refractivity contribution in [1.82, 2.24) is 5.32 Å². The maximum absolute atomic E-state index is 11.7. The number of carbonyl (C=O) groups excluding carboxylic acids is 3. The molecule has 1 aromatic carbocycles. The van der Waals surface area contributed by atoms with Crippen LogP contribution < -0.4 is 10.4 Å². The Morgan fingerprint density at radius 1 is 1.12 bits per heavy atom. The molecular formula is C14H17Br2ClN2O6. The number of nitrogens with zero attached hydrogens (tertiary/aromatic N) is 1. The Balaban J connectivity index is 0.000000823. The van der Waals surface area contributed by atoms with Crippen molar-refractivity contribution in [3.05, 3.63) is 27.1 Å². The monoisotopic (exact) mass is 502 g/mol. The lowest BCUT2D eigenvalue weighted by molar-refractivity contribution is 0.0553. The van der Waals surface area contributed by atoms with E-state index in [4.69, 9.17) is 16.4 Å². The highest BCUT2D eigenvalue weighted by Gasteiger charge is 2.21. The number of nitrogens with one attached hydrogen (secondary N) is 1. The van der Waals surface area contributed by atoms with Crippen molar-refractivity contribution in [2.24, 2.45) is 0 Å². The van der Waals surface area contributed by atoms with Gasteiger partial charge in [0.25, 0.3) is 0 Å². The summed E-state index contributed by atoms with van der Waals surface area (Å²) in [5.74, 6) is 0. The third kappa shape index (κ3) is 9.51. The van der Waals surface area contributed by atoms with Gasteiger partial charge < -0.3 is 14.8 Å². The number of hydroxylamine groups is 1. The van der Waals surface area contributed by atoms with Gasteiger partial charge in [0.2, 0.25) is 0 Å². The zero-order chi connectivity index (χ0) is 19.4. The second kappa shape index (κ2) is 12.8. The van der Waals surface area contributed by atoms with Crippen molar-refractivity contribution >= 4 is 66.8 Å². The van der Waals surface area contributed by atoms with Gasteiger partial charge in [-0.1, -0.05) is 0 Å². The largest absolute Gasteiger partial charge is 0.533 e. The molecule has 1 aromatic rings. The maximum atomic E-state index is 11.7. The molecule has 0 aliphatic rings. The Labute approximate surface area is 166 Å². The smallest absolute Gasteiger partial charge is 0.454 e. The summed E-state index contributed by atoms with van der Waals surface area (Å²) in [6.45, 7) is 3.84. The Hall–Kier alpha value is -1.52. The fourth-order valence-corrected chi connectivity index (χ4v) is 1.98. The molecule has 1 N–H and O–H groups in total. The molecule has 0 fully saturated rings. The molecule has 1 rings (SSSR count). The molecule has 0 aromatic heterocycles. The van der Waals surface area contributed by atoms with Gasteiger partial charge in [0.15, 0.2) is 0 Å². The third-order valence-corrected chi connectivity index (χ3v) is 4.21. The van der Waals surface area contributed by atoms with Gasteiger partial charge in [-0.25, -0.2) is 14.4 Å². The van der Waals surface area contributed by atoms with E-state index >= 15 is 0 Å². The molecule has 25 heavy (non-hydrogen) atoms. The number of halogens is 3. The molecule has 0 unspecified atom stereocenters. The van der Waals surface area contributed by atoms with Crippen molar-refractivity contribution in [2.75, 3.05) is 25.3 Å². The molecule has 0 saturated heterocycles. The molecule has 0 saturated carbocycles. The predicted molar refractivity (Wildman–Crippen MR) is 99.8 cm³/mol. The van der Waals surface area contributed by atoms with E-state index in [0.717, 1.165) is 9.54 Å². The Morgan fingerprint density at radius 3 is 2.12 bits per heavy atom. The predicted octanol–water partition coefficient (Wildman–Crippen LogP) is 4.83. The number of ether oxygens (including phenoxy) is 2. The molecule has 8 nitrogen and oxygen atoms in total. The second-order valence-electron chi connectivity index (χ2n) is 3.89. The third-order valence-electron chi connectivity index (χ3n) is 2.22. The number of hydrogen-bond donors (Lipinski definition) is 1. The Morgan fingerprint density at radius 2 is 1.72 bits per heavy atom. The molecule has 0 aliphatic heterocycles. The normalized spacial score (nSPS) is 9.20. The molecule has 0 spiro atoms. The van der Waals surface area contributed by atoms with Crippen molar-refractivity contribution in [3.8, 4) is 0 Å². The van der Waals surface area contributed by atoms with Crippen molar-refractivity contribution in [2.45, 2.75) is 13.8 Å². The first-order chi connectivity index (χ1) is 11.8. The van der Waals surface area contributed by atoms with E-state index in [-0.39, 0.29) is 6.61 Å². The fraction of sp³-hybridized carbons (Fsp3) is 0.357. The van der Waals surface area contributed by atoms with E-state index < -0.39 is 17.6 Å². The van der Waals surface area contributed by atoms with Gasteiger partial charge in [0.1, 0.15) is 0 Å². The summed E-state index contributed by atoms with van der Waals surface area (Å²) in [5, 5.41) is 3.19. The number of carbonyl (C=O) groups is 3. The van der Waals surface area contributed by atoms with Crippen LogP contribution in [0.15, 0.2) is 27.1 Å². The SMILES string of the molecule is CCOC(=O)Cl.CCOC(=O)ON(C(=O)NC)c1ccc(Br)c(Br)c1. The second-order valence-corrected chi connectivity index (χ2v) is 5.91. The lowest BCUT2D eigenvalue weighted by Crippen LogP contribution is -2.40. The van der Waals surface area contributed by atoms with E-state index in [1.54, 1.807) is 32.0 Å². The summed E-state index contributed by atoms with van der Waals surface area (Å²) in [6.07, 6.45) is -0.954. The minimum Gasteiger partial charge on any atom is -0.454 e. The van der Waals surface area contributed by atoms with Crippen LogP contribution in [0.5, 0.6) is 0 Å². The highest BCUT2D eigenvalue weighted by molar-refractivity contribution is 9.13. The number of hydrogen-bond acceptors (Lipinski definition) is 6. The van der Waals surface area contributed by atoms with E-state index in [1.165, 1.54) is 7.05 Å². The highest BCUT2D eigenvalue weighted by atomic mass is 79.9. The van der Waals surface area contributed by atoms with Gasteiger partial charge in [-0.15, -0.1) is 5.06 Å². The van der Waals surface area contributed by atoms with Gasteiger partial charge >= 0.3 is 17.6 Å². The molecule has 2 amide bonds. The van der Waals surface area contributed by atoms with E-state index in [2.05, 4.69) is 46.7 Å². The van der Waals surface area contributed by atoms with Crippen LogP contribution in [0.1, 0.15) is 13.8 Å². The molecule has 0 atom stereocenters. The van der Waals surface area contributed by atoms with Gasteiger partial charge in [0.05, 0.1) is 18.9 Å². The van der Waals surface area contributed by atoms with Crippen LogP contribution in [0.25, 0.3) is 0 Å². The summed E-state index contributed by atoms with van der Waals surface area (Å²) in [6, 6.07) is 4.36. The molecular weight excluding hydrogens is 487 g/mol. The number of rotatable bonds is 3. The topological polar surface area (TPSA) is 94.2 Å². The molecule has 140 valence electrons. The summed E-state index contributed by atoms with van der Waals surface area (Å²) in [5.41, 5.74) is -0.361. The zero-order valence-electron chi connectivity index (χ0n) is 13.7. The van der Waals surface area contributed by atoms with Crippen molar-refractivity contribution < 1.29 is 28.7 Å². The summed E-state index contributed by atoms with van der Waals surface area (Å²) in [7, 11) is 1.43. The minimum absolute atomic E-state index is 0.157. The molecule has 0 bridgehead atoms. The quantitative estimate of drug-likeness (QED) is 0.360. The van der Waals surface area contributed by atoms with Crippen molar-refractivity contribution in [1.29, 1.82) is 0 Å². The van der Waals surface area contributed by atoms with Crippen molar-refractivity contribution in [3.63, 3.8) is 0 Å². The number of urea groups is 1. The summed E-state index contributed by atoms with van der Waals surface area (Å²) < 4.78 is 10.3. The molecule has 0 radical (unpaired) electrons. The Kier molecular flexibility index (Phi) is 12.0. The lowest BCUT2D eigenvalue weighted by atomic mass is 10.3. The van der Waals surface area contributed by atoms with Gasteiger partial charge in [-0.05, 0) is 63.9 Å². The lowest BCUT2D eigenvalue weighted by Gasteiger charge is -2.20. The number of amides is 2. The van der Waals surface area contributed by atoms with Gasteiger partial charge in [-0.3, -0.25) is 4.84 Å². The standard InChI is InChI=1S/C11H12Br2N2O4.C3H5ClO2/c1-3-18-11(17)19-15(10(16)14-2)7-4-5-8(12)9(13)6-7;1-2-6-3(4)5/h4-6H,3H2,1-2H3,(H,14,16);2H2,1H3. The van der Waals surface area contributed by atoms with Crippen LogP contribution in [0.4, 0.5) is 20.1 Å². The Bertz CT molecular complexity index is 603. The first kappa shape index (κ1) is 23.5. The summed E-state index contributed by atoms with van der Waals surface area (Å²) >= 11 is 11.3. The van der Waals surface area contributed by atoms with E-state index in [9.17, 15) is 14.4 Å².